The Morgan fingerprint density at radius 1 is 1.34 bits per heavy atom. The molecular weight excluding hydrogens is 374 g/mol. The predicted molar refractivity (Wildman–Crippen MR) is 106 cm³/mol. The number of carbonyl (C=O) groups excluding carboxylic acids is 2. The average molecular weight is 397 g/mol. The van der Waals surface area contributed by atoms with Crippen molar-refractivity contribution in [3.05, 3.63) is 41.6 Å². The van der Waals surface area contributed by atoms with Gasteiger partial charge in [-0.05, 0) is 37.1 Å². The molecule has 9 nitrogen and oxygen atoms in total. The lowest BCUT2D eigenvalue weighted by molar-refractivity contribution is -0.125. The van der Waals surface area contributed by atoms with Gasteiger partial charge < -0.3 is 20.1 Å². The van der Waals surface area contributed by atoms with Crippen LogP contribution in [0.5, 0.6) is 11.5 Å². The van der Waals surface area contributed by atoms with E-state index in [0.717, 1.165) is 17.7 Å². The van der Waals surface area contributed by atoms with Crippen LogP contribution in [0.25, 0.3) is 6.08 Å². The quantitative estimate of drug-likeness (QED) is 0.666. The summed E-state index contributed by atoms with van der Waals surface area (Å²) in [5, 5.41) is 13.4. The van der Waals surface area contributed by atoms with E-state index in [-0.39, 0.29) is 24.6 Å². The molecule has 1 aromatic heterocycles. The molecule has 0 bridgehead atoms. The molecule has 0 aliphatic carbocycles. The van der Waals surface area contributed by atoms with Crippen molar-refractivity contribution in [2.45, 2.75) is 39.0 Å². The van der Waals surface area contributed by atoms with Crippen LogP contribution >= 0.6 is 0 Å². The molecular formula is C20H23N5O4. The maximum atomic E-state index is 12.4. The molecule has 2 unspecified atom stereocenters. The number of benzene rings is 1. The van der Waals surface area contributed by atoms with Crippen molar-refractivity contribution < 1.29 is 19.1 Å². The van der Waals surface area contributed by atoms with Gasteiger partial charge in [-0.3, -0.25) is 14.9 Å². The van der Waals surface area contributed by atoms with Crippen LogP contribution in [0.15, 0.2) is 30.3 Å². The predicted octanol–water partition coefficient (Wildman–Crippen LogP) is 1.92. The minimum Gasteiger partial charge on any atom is -0.454 e. The number of fused-ring (bicyclic) bond motifs is 1. The van der Waals surface area contributed by atoms with Gasteiger partial charge in [0, 0.05) is 24.6 Å². The second-order valence-electron chi connectivity index (χ2n) is 7.00. The fourth-order valence-electron chi connectivity index (χ4n) is 3.32. The fourth-order valence-corrected chi connectivity index (χ4v) is 3.32. The van der Waals surface area contributed by atoms with Gasteiger partial charge in [0.15, 0.2) is 17.8 Å². The Balaban J connectivity index is 1.46. The van der Waals surface area contributed by atoms with Crippen LogP contribution in [0.3, 0.4) is 0 Å². The Labute approximate surface area is 168 Å². The average Bonchev–Trinajstić information content (AvgIpc) is 3.31. The van der Waals surface area contributed by atoms with Crippen LogP contribution in [0.4, 0.5) is 5.82 Å². The Kier molecular flexibility index (Phi) is 5.22. The monoisotopic (exact) mass is 397 g/mol. The van der Waals surface area contributed by atoms with Crippen LogP contribution < -0.4 is 25.4 Å². The number of rotatable bonds is 5. The lowest BCUT2D eigenvalue weighted by Gasteiger charge is -2.31. The number of ether oxygens (including phenoxy) is 2. The Morgan fingerprint density at radius 3 is 3.00 bits per heavy atom. The molecule has 0 saturated carbocycles. The van der Waals surface area contributed by atoms with E-state index in [1.54, 1.807) is 22.9 Å². The van der Waals surface area contributed by atoms with Gasteiger partial charge in [-0.2, -0.15) is 5.10 Å². The highest BCUT2D eigenvalue weighted by Gasteiger charge is 2.28. The van der Waals surface area contributed by atoms with E-state index < -0.39 is 6.29 Å². The van der Waals surface area contributed by atoms with Gasteiger partial charge >= 0.3 is 0 Å². The molecule has 4 rings (SSSR count). The van der Waals surface area contributed by atoms with Gasteiger partial charge in [0.05, 0.1) is 5.69 Å². The standard InChI is InChI=1S/C20H23N5O4/c1-3-14-10-19(27)23-20(21-14)25-17(8-12(2)24-25)22-18(26)7-5-13-4-6-15-16(9-13)29-11-28-15/h4-9,14,20-21H,3,10-11H2,1-2H3,(H,22,26)(H,23,27)/b7-5+. The van der Waals surface area contributed by atoms with Gasteiger partial charge in [-0.15, -0.1) is 0 Å². The summed E-state index contributed by atoms with van der Waals surface area (Å²) < 4.78 is 12.2. The summed E-state index contributed by atoms with van der Waals surface area (Å²) in [6.45, 7) is 4.05. The number of aryl methyl sites for hydroxylation is 1. The minimum atomic E-state index is -0.511. The Hall–Kier alpha value is -3.33. The SMILES string of the molecule is CCC1CC(=O)NC(n2nc(C)cc2NC(=O)/C=C/c2ccc3c(c2)OCO3)N1. The number of anilines is 1. The molecule has 1 fully saturated rings. The number of hydrogen-bond acceptors (Lipinski definition) is 6. The third-order valence-electron chi connectivity index (χ3n) is 4.79. The molecule has 1 saturated heterocycles. The first kappa shape index (κ1) is 19.0. The zero-order valence-corrected chi connectivity index (χ0v) is 16.3. The lowest BCUT2D eigenvalue weighted by atomic mass is 10.1. The van der Waals surface area contributed by atoms with Crippen molar-refractivity contribution in [3.8, 4) is 11.5 Å². The summed E-state index contributed by atoms with van der Waals surface area (Å²) in [6, 6.07) is 7.29. The molecule has 2 aromatic rings. The fraction of sp³-hybridized carbons (Fsp3) is 0.350. The second kappa shape index (κ2) is 7.96. The number of hydrogen-bond donors (Lipinski definition) is 3. The topological polar surface area (TPSA) is 107 Å². The summed E-state index contributed by atoms with van der Waals surface area (Å²) in [7, 11) is 0. The van der Waals surface area contributed by atoms with Gasteiger partial charge in [-0.1, -0.05) is 13.0 Å². The number of nitrogens with zero attached hydrogens (tertiary/aromatic N) is 2. The highest BCUT2D eigenvalue weighted by molar-refractivity contribution is 6.01. The number of nitrogens with one attached hydrogen (secondary N) is 3. The van der Waals surface area contributed by atoms with Crippen molar-refractivity contribution in [2.75, 3.05) is 12.1 Å². The maximum absolute atomic E-state index is 12.4. The third kappa shape index (κ3) is 4.24. The maximum Gasteiger partial charge on any atom is 0.249 e. The Morgan fingerprint density at radius 2 is 2.17 bits per heavy atom. The van der Waals surface area contributed by atoms with E-state index in [1.165, 1.54) is 6.08 Å². The van der Waals surface area contributed by atoms with E-state index in [1.807, 2.05) is 26.0 Å². The molecule has 0 spiro atoms. The summed E-state index contributed by atoms with van der Waals surface area (Å²) in [5.74, 6) is 1.49. The lowest BCUT2D eigenvalue weighted by Crippen LogP contribution is -2.53. The minimum absolute atomic E-state index is 0.0475. The zero-order chi connectivity index (χ0) is 20.4. The Bertz CT molecular complexity index is 968. The number of amides is 2. The number of carbonyl (C=O) groups is 2. The smallest absolute Gasteiger partial charge is 0.249 e. The van der Waals surface area contributed by atoms with Crippen molar-refractivity contribution in [1.29, 1.82) is 0 Å². The third-order valence-corrected chi connectivity index (χ3v) is 4.79. The second-order valence-corrected chi connectivity index (χ2v) is 7.00. The van der Waals surface area contributed by atoms with Crippen LogP contribution in [0.2, 0.25) is 0 Å². The molecule has 2 atom stereocenters. The van der Waals surface area contributed by atoms with Crippen molar-refractivity contribution in [3.63, 3.8) is 0 Å². The van der Waals surface area contributed by atoms with Crippen LogP contribution in [0, 0.1) is 6.92 Å². The summed E-state index contributed by atoms with van der Waals surface area (Å²) in [4.78, 5) is 24.4. The van der Waals surface area contributed by atoms with Crippen molar-refractivity contribution >= 4 is 23.7 Å². The van der Waals surface area contributed by atoms with Gasteiger partial charge in [0.25, 0.3) is 0 Å². The molecule has 2 aliphatic heterocycles. The highest BCUT2D eigenvalue weighted by atomic mass is 16.7. The molecule has 3 heterocycles. The molecule has 152 valence electrons. The largest absolute Gasteiger partial charge is 0.454 e. The van der Waals surface area contributed by atoms with Crippen LogP contribution in [-0.2, 0) is 9.59 Å². The summed E-state index contributed by atoms with van der Waals surface area (Å²) in [5.41, 5.74) is 1.55. The molecule has 2 aliphatic rings. The molecule has 9 heteroatoms. The normalized spacial score (nSPS) is 20.7. The first-order valence-electron chi connectivity index (χ1n) is 9.52. The van der Waals surface area contributed by atoms with E-state index in [0.29, 0.717) is 23.7 Å². The first-order chi connectivity index (χ1) is 14.0. The zero-order valence-electron chi connectivity index (χ0n) is 16.3. The highest BCUT2D eigenvalue weighted by Crippen LogP contribution is 2.32. The molecule has 0 radical (unpaired) electrons. The number of aromatic nitrogens is 2. The summed E-state index contributed by atoms with van der Waals surface area (Å²) >= 11 is 0. The van der Waals surface area contributed by atoms with Crippen LogP contribution in [0.1, 0.15) is 37.3 Å². The molecule has 1 aromatic carbocycles. The van der Waals surface area contributed by atoms with E-state index in [9.17, 15) is 9.59 Å². The van der Waals surface area contributed by atoms with Crippen molar-refractivity contribution in [2.24, 2.45) is 0 Å². The molecule has 2 amide bonds. The van der Waals surface area contributed by atoms with Gasteiger partial charge in [-0.25, -0.2) is 4.68 Å². The molecule has 29 heavy (non-hydrogen) atoms. The van der Waals surface area contributed by atoms with E-state index in [2.05, 4.69) is 21.0 Å². The van der Waals surface area contributed by atoms with Crippen molar-refractivity contribution in [1.82, 2.24) is 20.4 Å². The van der Waals surface area contributed by atoms with E-state index in [4.69, 9.17) is 9.47 Å². The molecule has 3 N–H and O–H groups in total. The van der Waals surface area contributed by atoms with Crippen LogP contribution in [-0.4, -0.2) is 34.4 Å². The summed E-state index contributed by atoms with van der Waals surface area (Å²) in [6.07, 6.45) is 3.87. The van der Waals surface area contributed by atoms with Gasteiger partial charge in [0.1, 0.15) is 5.82 Å². The first-order valence-corrected chi connectivity index (χ1v) is 9.52. The van der Waals surface area contributed by atoms with Gasteiger partial charge in [0.2, 0.25) is 18.6 Å². The van der Waals surface area contributed by atoms with E-state index >= 15 is 0 Å².